The van der Waals surface area contributed by atoms with E-state index in [2.05, 4.69) is 54.4 Å². The van der Waals surface area contributed by atoms with Crippen LogP contribution >= 0.6 is 0 Å². The van der Waals surface area contributed by atoms with Gasteiger partial charge in [0.15, 0.2) is 0 Å². The number of rotatable bonds is 10. The smallest absolute Gasteiger partial charge is 0.260 e. The lowest BCUT2D eigenvalue weighted by atomic mass is 9.93. The summed E-state index contributed by atoms with van der Waals surface area (Å²) in [5.41, 5.74) is 2.88. The molecule has 0 bridgehead atoms. The van der Waals surface area contributed by atoms with Gasteiger partial charge >= 0.3 is 0 Å². The molecule has 1 amide bonds. The average Bonchev–Trinajstić information content (AvgIpc) is 3.39. The second kappa shape index (κ2) is 14.7. The minimum Gasteiger partial charge on any atom is -0.306 e. The maximum atomic E-state index is 15.4. The van der Waals surface area contributed by atoms with Gasteiger partial charge in [0.25, 0.3) is 5.91 Å². The minimum atomic E-state index is -0.401. The van der Waals surface area contributed by atoms with Crippen molar-refractivity contribution >= 4 is 24.7 Å². The number of carbonyl (C=O) groups excluding carboxylic acids is 1. The Morgan fingerprint density at radius 2 is 1.98 bits per heavy atom. The van der Waals surface area contributed by atoms with Crippen LogP contribution in [0.1, 0.15) is 77.5 Å². The van der Waals surface area contributed by atoms with Crippen LogP contribution in [0.3, 0.4) is 0 Å². The van der Waals surface area contributed by atoms with Crippen LogP contribution in [0.2, 0.25) is 0 Å². The molecule has 2 aliphatic rings. The van der Waals surface area contributed by atoms with E-state index in [4.69, 9.17) is 5.10 Å². The summed E-state index contributed by atoms with van der Waals surface area (Å²) < 4.78 is 16.9. The van der Waals surface area contributed by atoms with E-state index in [0.717, 1.165) is 56.5 Å². The lowest BCUT2D eigenvalue weighted by molar-refractivity contribution is -0.112. The summed E-state index contributed by atoms with van der Waals surface area (Å²) in [6, 6.07) is 7.61. The molecule has 0 radical (unpaired) electrons. The first kappa shape index (κ1) is 30.9. The van der Waals surface area contributed by atoms with Crippen molar-refractivity contribution in [1.29, 1.82) is 0 Å². The van der Waals surface area contributed by atoms with Crippen molar-refractivity contribution in [2.24, 2.45) is 10.1 Å². The Labute approximate surface area is 238 Å². The summed E-state index contributed by atoms with van der Waals surface area (Å²) in [6.07, 6.45) is 7.78. The van der Waals surface area contributed by atoms with Crippen molar-refractivity contribution in [3.8, 4) is 5.69 Å². The number of nitrogens with one attached hydrogen (secondary N) is 1. The number of halogens is 1. The summed E-state index contributed by atoms with van der Waals surface area (Å²) in [7, 11) is 0. The van der Waals surface area contributed by atoms with E-state index in [9.17, 15) is 4.79 Å². The van der Waals surface area contributed by atoms with Crippen molar-refractivity contribution in [2.45, 2.75) is 78.7 Å². The monoisotopic (exact) mass is 549 g/mol. The Bertz CT molecular complexity index is 1240. The van der Waals surface area contributed by atoms with Crippen LogP contribution in [0.25, 0.3) is 5.69 Å². The van der Waals surface area contributed by atoms with E-state index in [1.807, 2.05) is 26.0 Å². The van der Waals surface area contributed by atoms with Crippen LogP contribution in [-0.2, 0) is 11.2 Å². The number of amides is 1. The average molecular weight is 550 g/mol. The molecule has 216 valence electrons. The number of unbranched alkanes of at least 4 members (excludes halogenated alkanes) is 1. The SMILES string of the molecule is C=CN1CC(N=C)=C(C(=O)Nc2cc(C3CCN(C(C)C)CC3)nn2-c2ccc(CCCC)cc2F)C=N1.CC. The number of nitrogens with zero attached hydrogens (tertiary/aromatic N) is 6. The summed E-state index contributed by atoms with van der Waals surface area (Å²) in [6.45, 7) is 20.1. The van der Waals surface area contributed by atoms with E-state index in [-0.39, 0.29) is 11.7 Å². The molecule has 4 rings (SSSR count). The zero-order valence-electron chi connectivity index (χ0n) is 24.7. The summed E-state index contributed by atoms with van der Waals surface area (Å²) >= 11 is 0. The molecule has 2 aliphatic heterocycles. The molecule has 1 N–H and O–H groups in total. The summed E-state index contributed by atoms with van der Waals surface area (Å²) in [5.74, 6) is -0.128. The number of aliphatic imine (C=N–C) groups is 1. The molecular weight excluding hydrogens is 505 g/mol. The number of anilines is 1. The highest BCUT2D eigenvalue weighted by molar-refractivity contribution is 6.18. The van der Waals surface area contributed by atoms with Gasteiger partial charge in [0, 0.05) is 24.2 Å². The van der Waals surface area contributed by atoms with Crippen LogP contribution in [0, 0.1) is 5.82 Å². The molecule has 40 heavy (non-hydrogen) atoms. The molecule has 2 aromatic rings. The van der Waals surface area contributed by atoms with Gasteiger partial charge in [0.05, 0.1) is 29.7 Å². The van der Waals surface area contributed by atoms with Crippen molar-refractivity contribution < 1.29 is 9.18 Å². The first-order valence-corrected chi connectivity index (χ1v) is 14.4. The van der Waals surface area contributed by atoms with Gasteiger partial charge in [-0.05, 0) is 77.0 Å². The van der Waals surface area contributed by atoms with Gasteiger partial charge in [-0.3, -0.25) is 14.8 Å². The van der Waals surface area contributed by atoms with Crippen molar-refractivity contribution in [3.05, 3.63) is 65.4 Å². The van der Waals surface area contributed by atoms with Gasteiger partial charge in [-0.15, -0.1) is 0 Å². The Morgan fingerprint density at radius 3 is 2.58 bits per heavy atom. The van der Waals surface area contributed by atoms with Gasteiger partial charge < -0.3 is 10.2 Å². The number of aromatic nitrogens is 2. The van der Waals surface area contributed by atoms with Crippen molar-refractivity contribution in [3.63, 3.8) is 0 Å². The van der Waals surface area contributed by atoms with Crippen LogP contribution in [0.4, 0.5) is 10.2 Å². The van der Waals surface area contributed by atoms with E-state index in [1.54, 1.807) is 23.3 Å². The topological polar surface area (TPSA) is 78.1 Å². The number of aryl methyl sites for hydroxylation is 1. The third kappa shape index (κ3) is 7.33. The molecule has 0 aliphatic carbocycles. The second-order valence-corrected chi connectivity index (χ2v) is 10.2. The zero-order valence-corrected chi connectivity index (χ0v) is 24.7. The highest BCUT2D eigenvalue weighted by Gasteiger charge is 2.27. The number of hydrazone groups is 1. The van der Waals surface area contributed by atoms with Gasteiger partial charge in [0.2, 0.25) is 0 Å². The number of hydrogen-bond donors (Lipinski definition) is 1. The quantitative estimate of drug-likeness (QED) is 0.353. The van der Waals surface area contributed by atoms with E-state index in [1.165, 1.54) is 10.9 Å². The maximum Gasteiger partial charge on any atom is 0.260 e. The van der Waals surface area contributed by atoms with Gasteiger partial charge in [0.1, 0.15) is 17.3 Å². The lowest BCUT2D eigenvalue weighted by Gasteiger charge is -2.33. The lowest BCUT2D eigenvalue weighted by Crippen LogP contribution is -2.37. The highest BCUT2D eigenvalue weighted by Crippen LogP contribution is 2.32. The zero-order chi connectivity index (χ0) is 29.2. The highest BCUT2D eigenvalue weighted by atomic mass is 19.1. The molecule has 0 atom stereocenters. The molecule has 1 aromatic carbocycles. The maximum absolute atomic E-state index is 15.4. The van der Waals surface area contributed by atoms with Gasteiger partial charge in [-0.25, -0.2) is 9.07 Å². The molecule has 3 heterocycles. The largest absolute Gasteiger partial charge is 0.306 e. The Balaban J connectivity index is 0.00000216. The first-order valence-electron chi connectivity index (χ1n) is 14.4. The van der Waals surface area contributed by atoms with E-state index in [0.29, 0.717) is 35.4 Å². The Kier molecular flexibility index (Phi) is 11.4. The normalized spacial score (nSPS) is 16.1. The fourth-order valence-electron chi connectivity index (χ4n) is 4.95. The fraction of sp³-hybridized carbons (Fsp3) is 0.484. The summed E-state index contributed by atoms with van der Waals surface area (Å²) in [5, 5.41) is 13.6. The number of benzene rings is 1. The van der Waals surface area contributed by atoms with E-state index >= 15 is 4.39 Å². The molecule has 9 heteroatoms. The Morgan fingerprint density at radius 1 is 1.25 bits per heavy atom. The molecule has 0 unspecified atom stereocenters. The van der Waals surface area contributed by atoms with Crippen LogP contribution in [-0.4, -0.2) is 64.2 Å². The van der Waals surface area contributed by atoms with E-state index < -0.39 is 5.91 Å². The molecule has 8 nitrogen and oxygen atoms in total. The number of hydrogen-bond acceptors (Lipinski definition) is 6. The number of piperidine rings is 1. The summed E-state index contributed by atoms with van der Waals surface area (Å²) in [4.78, 5) is 19.8. The first-order chi connectivity index (χ1) is 19.3. The molecular formula is C31H44FN7O. The van der Waals surface area contributed by atoms with Crippen LogP contribution < -0.4 is 5.32 Å². The van der Waals surface area contributed by atoms with Crippen molar-refractivity contribution in [1.82, 2.24) is 19.7 Å². The van der Waals surface area contributed by atoms with Crippen molar-refractivity contribution in [2.75, 3.05) is 25.0 Å². The standard InChI is InChI=1S/C29H38FN7O.C2H6/c1-6-8-9-21-10-11-27(24(30)16-21)37-28(17-25(34-37)22-12-14-35(15-13-22)20(3)4)33-29(38)23-18-32-36(7-2)19-26(23)31-5;1-2/h7,10-11,16-18,20,22H,2,5-6,8-9,12-15,19H2,1,3-4H3,(H,33,38);1-2H3. The predicted octanol–water partition coefficient (Wildman–Crippen LogP) is 6.31. The fourth-order valence-corrected chi connectivity index (χ4v) is 4.95. The number of likely N-dealkylation sites (tertiary alicyclic amines) is 1. The number of carbonyl (C=O) groups is 1. The predicted molar refractivity (Wildman–Crippen MR) is 163 cm³/mol. The molecule has 1 saturated heterocycles. The van der Waals surface area contributed by atoms with Gasteiger partial charge in [-0.2, -0.15) is 10.2 Å². The second-order valence-electron chi connectivity index (χ2n) is 10.2. The molecule has 0 saturated carbocycles. The Hall–Kier alpha value is -3.59. The third-order valence-electron chi connectivity index (χ3n) is 7.31. The molecule has 1 fully saturated rings. The minimum absolute atomic E-state index is 0.232. The molecule has 1 aromatic heterocycles. The molecule has 0 spiro atoms. The van der Waals surface area contributed by atoms with Gasteiger partial charge in [-0.1, -0.05) is 39.8 Å². The third-order valence-corrected chi connectivity index (χ3v) is 7.31. The van der Waals surface area contributed by atoms with Crippen LogP contribution in [0.15, 0.2) is 58.4 Å². The van der Waals surface area contributed by atoms with Crippen LogP contribution in [0.5, 0.6) is 0 Å².